The fraction of sp³-hybridized carbons (Fsp3) is 0.300. The van der Waals surface area contributed by atoms with E-state index in [0.29, 0.717) is 10.1 Å². The van der Waals surface area contributed by atoms with E-state index in [1.54, 1.807) is 0 Å². The molecule has 0 atom stereocenters. The van der Waals surface area contributed by atoms with E-state index >= 15 is 0 Å². The molecular formula is C10H12S2. The van der Waals surface area contributed by atoms with Gasteiger partial charge in [-0.25, -0.2) is 0 Å². The highest BCUT2D eigenvalue weighted by Gasteiger charge is 1.99. The molecule has 1 rings (SSSR count). The Morgan fingerprint density at radius 1 is 1.25 bits per heavy atom. The highest BCUT2D eigenvalue weighted by atomic mass is 32.1. The summed E-state index contributed by atoms with van der Waals surface area (Å²) in [5.41, 5.74) is 2.36. The molecule has 0 N–H and O–H groups in total. The second-order valence-electron chi connectivity index (χ2n) is 3.08. The van der Waals surface area contributed by atoms with Gasteiger partial charge in [-0.1, -0.05) is 50.3 Å². The third-order valence-electron chi connectivity index (χ3n) is 1.82. The van der Waals surface area contributed by atoms with Crippen molar-refractivity contribution in [2.75, 3.05) is 0 Å². The molecule has 1 aromatic carbocycles. The van der Waals surface area contributed by atoms with Gasteiger partial charge in [-0.3, -0.25) is 0 Å². The molecule has 0 nitrogen and oxygen atoms in total. The molecule has 0 spiro atoms. The Hall–Kier alpha value is -0.340. The second kappa shape index (κ2) is 4.06. The van der Waals surface area contributed by atoms with Crippen molar-refractivity contribution in [3.8, 4) is 0 Å². The minimum Gasteiger partial charge on any atom is -0.131 e. The van der Waals surface area contributed by atoms with Gasteiger partial charge < -0.3 is 0 Å². The summed E-state index contributed by atoms with van der Waals surface area (Å²) in [7, 11) is 0. The van der Waals surface area contributed by atoms with Crippen LogP contribution < -0.4 is 0 Å². The number of rotatable bonds is 2. The predicted molar refractivity (Wildman–Crippen MR) is 61.2 cm³/mol. The molecule has 64 valence electrons. The van der Waals surface area contributed by atoms with Gasteiger partial charge in [0.2, 0.25) is 0 Å². The maximum atomic E-state index is 4.94. The van der Waals surface area contributed by atoms with Gasteiger partial charge in [0, 0.05) is 0 Å². The van der Waals surface area contributed by atoms with Crippen LogP contribution in [0.2, 0.25) is 0 Å². The van der Waals surface area contributed by atoms with Crippen LogP contribution in [0.25, 0.3) is 0 Å². The molecule has 0 heterocycles. The minimum absolute atomic E-state index is 0.576. The molecule has 1 aromatic rings. The van der Waals surface area contributed by atoms with Gasteiger partial charge in [0.1, 0.15) is 0 Å². The molecule has 12 heavy (non-hydrogen) atoms. The van der Waals surface area contributed by atoms with Crippen LogP contribution in [0, 0.1) is 0 Å². The van der Waals surface area contributed by atoms with E-state index in [9.17, 15) is 0 Å². The summed E-state index contributed by atoms with van der Waals surface area (Å²) in [5.74, 6) is 0.576. The maximum Gasteiger partial charge on any atom is 0.0747 e. The Bertz CT molecular complexity index is 272. The Morgan fingerprint density at radius 3 is 2.08 bits per heavy atom. The summed E-state index contributed by atoms with van der Waals surface area (Å²) >= 11 is 9.04. The van der Waals surface area contributed by atoms with Crippen LogP contribution in [-0.2, 0) is 0 Å². The first kappa shape index (κ1) is 9.75. The zero-order valence-electron chi connectivity index (χ0n) is 7.24. The molecule has 0 aliphatic carbocycles. The molecule has 0 fully saturated rings. The highest BCUT2D eigenvalue weighted by Crippen LogP contribution is 2.15. The Morgan fingerprint density at radius 2 is 1.75 bits per heavy atom. The minimum atomic E-state index is 0.576. The van der Waals surface area contributed by atoms with Gasteiger partial charge in [-0.05, 0) is 17.0 Å². The lowest BCUT2D eigenvalue weighted by Gasteiger charge is -2.05. The standard InChI is InChI=1S/C10H12S2/c1-7(2)8-3-5-9(6-4-8)10(11)12/h3-7H,1-2H3,(H,11,12). The molecule has 0 saturated heterocycles. The van der Waals surface area contributed by atoms with Crippen LogP contribution in [0.1, 0.15) is 30.9 Å². The quantitative estimate of drug-likeness (QED) is 0.558. The third kappa shape index (κ3) is 2.32. The maximum absolute atomic E-state index is 4.94. The molecule has 0 aliphatic rings. The van der Waals surface area contributed by atoms with Crippen LogP contribution in [0.5, 0.6) is 0 Å². The Labute approximate surface area is 84.4 Å². The molecule has 0 radical (unpaired) electrons. The van der Waals surface area contributed by atoms with Gasteiger partial charge in [0.15, 0.2) is 0 Å². The fourth-order valence-electron chi connectivity index (χ4n) is 1.01. The first-order valence-electron chi connectivity index (χ1n) is 3.94. The number of thiocarbonyl (C=S) groups is 1. The summed E-state index contributed by atoms with van der Waals surface area (Å²) in [6.45, 7) is 4.35. The number of thiol groups is 1. The van der Waals surface area contributed by atoms with Crippen molar-refractivity contribution < 1.29 is 0 Å². The molecule has 2 heteroatoms. The summed E-state index contributed by atoms with van der Waals surface area (Å²) < 4.78 is 0.658. The SMILES string of the molecule is CC(C)c1ccc(C(=S)S)cc1. The first-order chi connectivity index (χ1) is 5.61. The van der Waals surface area contributed by atoms with E-state index in [4.69, 9.17) is 12.2 Å². The molecule has 0 aromatic heterocycles. The van der Waals surface area contributed by atoms with Crippen molar-refractivity contribution in [2.45, 2.75) is 19.8 Å². The lowest BCUT2D eigenvalue weighted by molar-refractivity contribution is 0.867. The monoisotopic (exact) mass is 196 g/mol. The summed E-state index contributed by atoms with van der Waals surface area (Å²) in [6, 6.07) is 8.24. The molecule has 0 amide bonds. The second-order valence-corrected chi connectivity index (χ2v) is 4.24. The van der Waals surface area contributed by atoms with Gasteiger partial charge in [-0.15, -0.1) is 12.6 Å². The zero-order valence-corrected chi connectivity index (χ0v) is 8.95. The van der Waals surface area contributed by atoms with E-state index in [-0.39, 0.29) is 0 Å². The largest absolute Gasteiger partial charge is 0.131 e. The van der Waals surface area contributed by atoms with Crippen molar-refractivity contribution in [3.63, 3.8) is 0 Å². The fourth-order valence-corrected chi connectivity index (χ4v) is 1.30. The number of hydrogen-bond acceptors (Lipinski definition) is 1. The van der Waals surface area contributed by atoms with Crippen LogP contribution >= 0.6 is 24.8 Å². The molecule has 0 bridgehead atoms. The zero-order chi connectivity index (χ0) is 9.14. The van der Waals surface area contributed by atoms with Gasteiger partial charge >= 0.3 is 0 Å². The van der Waals surface area contributed by atoms with Gasteiger partial charge in [0.25, 0.3) is 0 Å². The average Bonchev–Trinajstić information content (AvgIpc) is 2.04. The average molecular weight is 196 g/mol. The van der Waals surface area contributed by atoms with Crippen molar-refractivity contribution in [3.05, 3.63) is 35.4 Å². The van der Waals surface area contributed by atoms with E-state index in [1.807, 2.05) is 12.1 Å². The Balaban J connectivity index is 2.93. The van der Waals surface area contributed by atoms with Crippen molar-refractivity contribution >= 4 is 29.0 Å². The van der Waals surface area contributed by atoms with E-state index in [0.717, 1.165) is 5.56 Å². The molecule has 0 saturated carbocycles. The first-order valence-corrected chi connectivity index (χ1v) is 4.80. The molecule has 0 aliphatic heterocycles. The normalized spacial score (nSPS) is 10.3. The highest BCUT2D eigenvalue weighted by molar-refractivity contribution is 8.11. The lowest BCUT2D eigenvalue weighted by Crippen LogP contribution is -1.90. The van der Waals surface area contributed by atoms with Crippen molar-refractivity contribution in [1.82, 2.24) is 0 Å². The van der Waals surface area contributed by atoms with Crippen LogP contribution in [0.4, 0.5) is 0 Å². The van der Waals surface area contributed by atoms with Gasteiger partial charge in [0.05, 0.1) is 4.20 Å². The Kier molecular flexibility index (Phi) is 3.29. The number of hydrogen-bond donors (Lipinski definition) is 1. The molecular weight excluding hydrogens is 184 g/mol. The third-order valence-corrected chi connectivity index (χ3v) is 2.32. The number of benzene rings is 1. The van der Waals surface area contributed by atoms with Crippen LogP contribution in [0.15, 0.2) is 24.3 Å². The summed E-state index contributed by atoms with van der Waals surface area (Å²) in [6.07, 6.45) is 0. The predicted octanol–water partition coefficient (Wildman–Crippen LogP) is 3.42. The summed E-state index contributed by atoms with van der Waals surface area (Å²) in [5, 5.41) is 0. The van der Waals surface area contributed by atoms with Crippen molar-refractivity contribution in [2.24, 2.45) is 0 Å². The topological polar surface area (TPSA) is 0 Å². The van der Waals surface area contributed by atoms with Crippen LogP contribution in [-0.4, -0.2) is 4.20 Å². The van der Waals surface area contributed by atoms with E-state index in [1.165, 1.54) is 5.56 Å². The smallest absolute Gasteiger partial charge is 0.0747 e. The lowest BCUT2D eigenvalue weighted by atomic mass is 10.0. The van der Waals surface area contributed by atoms with Gasteiger partial charge in [-0.2, -0.15) is 0 Å². The van der Waals surface area contributed by atoms with E-state index in [2.05, 4.69) is 38.6 Å². The van der Waals surface area contributed by atoms with Crippen molar-refractivity contribution in [1.29, 1.82) is 0 Å². The summed E-state index contributed by atoms with van der Waals surface area (Å²) in [4.78, 5) is 0. The van der Waals surface area contributed by atoms with E-state index < -0.39 is 0 Å². The van der Waals surface area contributed by atoms with Crippen LogP contribution in [0.3, 0.4) is 0 Å². The molecule has 0 unspecified atom stereocenters.